The molecule has 4 nitrogen and oxygen atoms in total. The van der Waals surface area contributed by atoms with Crippen LogP contribution in [0.1, 0.15) is 11.1 Å². The fourth-order valence-corrected chi connectivity index (χ4v) is 2.50. The fraction of sp³-hybridized carbons (Fsp3) is 0.250. The summed E-state index contributed by atoms with van der Waals surface area (Å²) in [7, 11) is 3.16. The number of nitrogens with one attached hydrogen (secondary N) is 1. The highest BCUT2D eigenvalue weighted by Crippen LogP contribution is 2.28. The van der Waals surface area contributed by atoms with Crippen LogP contribution in [0.5, 0.6) is 11.5 Å². The number of hydrogen-bond acceptors (Lipinski definition) is 4. The third-order valence-corrected chi connectivity index (χ3v) is 4.01. The van der Waals surface area contributed by atoms with Gasteiger partial charge in [0, 0.05) is 22.6 Å². The van der Waals surface area contributed by atoms with E-state index in [-0.39, 0.29) is 6.61 Å². The number of methoxy groups -OCH3 is 2. The van der Waals surface area contributed by atoms with E-state index in [1.807, 2.05) is 12.1 Å². The van der Waals surface area contributed by atoms with Crippen molar-refractivity contribution in [3.8, 4) is 11.5 Å². The Kier molecular flexibility index (Phi) is 5.63. The Morgan fingerprint density at radius 2 is 1.91 bits per heavy atom. The van der Waals surface area contributed by atoms with E-state index in [4.69, 9.17) is 14.6 Å². The molecule has 2 rings (SSSR count). The summed E-state index contributed by atoms with van der Waals surface area (Å²) in [6.45, 7) is 0.180. The maximum Gasteiger partial charge on any atom is 0.146 e. The molecule has 0 aromatic heterocycles. The minimum Gasteiger partial charge on any atom is -0.497 e. The van der Waals surface area contributed by atoms with Crippen molar-refractivity contribution in [2.45, 2.75) is 13.2 Å². The first kappa shape index (κ1) is 16.6. The summed E-state index contributed by atoms with van der Waals surface area (Å²) in [4.78, 5) is 0. The Hall–Kier alpha value is -1.79. The van der Waals surface area contributed by atoms with Crippen molar-refractivity contribution in [1.82, 2.24) is 0 Å². The molecule has 0 aliphatic rings. The van der Waals surface area contributed by atoms with Crippen molar-refractivity contribution in [2.75, 3.05) is 19.5 Å². The van der Waals surface area contributed by atoms with E-state index in [9.17, 15) is 4.39 Å². The van der Waals surface area contributed by atoms with E-state index in [0.29, 0.717) is 33.8 Å². The zero-order valence-corrected chi connectivity index (χ0v) is 13.9. The van der Waals surface area contributed by atoms with Gasteiger partial charge >= 0.3 is 0 Å². The summed E-state index contributed by atoms with van der Waals surface area (Å²) in [6.07, 6.45) is 0. The van der Waals surface area contributed by atoms with Crippen LogP contribution in [0.15, 0.2) is 34.8 Å². The molecule has 2 N–H and O–H groups in total. The minimum absolute atomic E-state index is 0.218. The third kappa shape index (κ3) is 3.69. The molecule has 6 heteroatoms. The minimum atomic E-state index is -0.417. The molecule has 0 spiro atoms. The van der Waals surface area contributed by atoms with Crippen LogP contribution in [0.2, 0.25) is 0 Å². The van der Waals surface area contributed by atoms with Crippen molar-refractivity contribution in [2.24, 2.45) is 0 Å². The van der Waals surface area contributed by atoms with Crippen LogP contribution in [0.3, 0.4) is 0 Å². The Morgan fingerprint density at radius 1 is 1.14 bits per heavy atom. The van der Waals surface area contributed by atoms with Crippen LogP contribution in [-0.4, -0.2) is 19.3 Å². The number of halogens is 2. The molecule has 0 saturated carbocycles. The van der Waals surface area contributed by atoms with Gasteiger partial charge in [0.1, 0.15) is 17.3 Å². The SMILES string of the molecule is COc1ccc(CNc2cc(Br)c(CO)cc2F)c(OC)c1. The zero-order chi connectivity index (χ0) is 16.1. The van der Waals surface area contributed by atoms with Gasteiger partial charge in [0.2, 0.25) is 0 Å². The van der Waals surface area contributed by atoms with Gasteiger partial charge in [0.25, 0.3) is 0 Å². The molecule has 2 aromatic carbocycles. The monoisotopic (exact) mass is 369 g/mol. The van der Waals surface area contributed by atoms with Crippen LogP contribution < -0.4 is 14.8 Å². The normalized spacial score (nSPS) is 10.4. The van der Waals surface area contributed by atoms with Gasteiger partial charge in [0.05, 0.1) is 26.5 Å². The van der Waals surface area contributed by atoms with Crippen molar-refractivity contribution in [1.29, 1.82) is 0 Å². The van der Waals surface area contributed by atoms with Gasteiger partial charge in [-0.25, -0.2) is 4.39 Å². The number of rotatable bonds is 6. The molecule has 0 aliphatic heterocycles. The molecule has 0 radical (unpaired) electrons. The van der Waals surface area contributed by atoms with E-state index in [1.165, 1.54) is 6.07 Å². The molecular weight excluding hydrogens is 353 g/mol. The lowest BCUT2D eigenvalue weighted by molar-refractivity contribution is 0.280. The van der Waals surface area contributed by atoms with Crippen molar-refractivity contribution < 1.29 is 19.0 Å². The lowest BCUT2D eigenvalue weighted by Gasteiger charge is -2.13. The van der Waals surface area contributed by atoms with Gasteiger partial charge in [0.15, 0.2) is 0 Å². The van der Waals surface area contributed by atoms with Gasteiger partial charge in [-0.1, -0.05) is 15.9 Å². The number of ether oxygens (including phenoxy) is 2. The first-order chi connectivity index (χ1) is 10.6. The van der Waals surface area contributed by atoms with E-state index in [0.717, 1.165) is 5.56 Å². The largest absolute Gasteiger partial charge is 0.497 e. The maximum atomic E-state index is 14.0. The molecule has 0 amide bonds. The Labute approximate surface area is 137 Å². The van der Waals surface area contributed by atoms with E-state index in [2.05, 4.69) is 21.2 Å². The van der Waals surface area contributed by atoms with Crippen LogP contribution in [0.4, 0.5) is 10.1 Å². The molecule has 0 atom stereocenters. The Bertz CT molecular complexity index is 664. The lowest BCUT2D eigenvalue weighted by Crippen LogP contribution is -2.04. The van der Waals surface area contributed by atoms with Gasteiger partial charge in [-0.3, -0.25) is 0 Å². The van der Waals surface area contributed by atoms with Gasteiger partial charge < -0.3 is 19.9 Å². The first-order valence-corrected chi connectivity index (χ1v) is 7.42. The number of benzene rings is 2. The van der Waals surface area contributed by atoms with Gasteiger partial charge in [-0.15, -0.1) is 0 Å². The number of hydrogen-bond donors (Lipinski definition) is 2. The second kappa shape index (κ2) is 7.47. The van der Waals surface area contributed by atoms with E-state index >= 15 is 0 Å². The number of aliphatic hydroxyl groups excluding tert-OH is 1. The van der Waals surface area contributed by atoms with Crippen LogP contribution in [0, 0.1) is 5.82 Å². The average molecular weight is 370 g/mol. The first-order valence-electron chi connectivity index (χ1n) is 6.62. The molecule has 22 heavy (non-hydrogen) atoms. The maximum absolute atomic E-state index is 14.0. The molecule has 0 bridgehead atoms. The smallest absolute Gasteiger partial charge is 0.146 e. The Balaban J connectivity index is 2.18. The van der Waals surface area contributed by atoms with Crippen LogP contribution in [0.25, 0.3) is 0 Å². The Morgan fingerprint density at radius 3 is 2.55 bits per heavy atom. The van der Waals surface area contributed by atoms with Crippen LogP contribution >= 0.6 is 15.9 Å². The zero-order valence-electron chi connectivity index (χ0n) is 12.3. The molecule has 0 saturated heterocycles. The van der Waals surface area contributed by atoms with Crippen LogP contribution in [-0.2, 0) is 13.2 Å². The van der Waals surface area contributed by atoms with Crippen molar-refractivity contribution in [3.63, 3.8) is 0 Å². The second-order valence-electron chi connectivity index (χ2n) is 4.61. The number of aliphatic hydroxyl groups is 1. The molecule has 0 unspecified atom stereocenters. The number of anilines is 1. The predicted octanol–water partition coefficient (Wildman–Crippen LogP) is 3.71. The van der Waals surface area contributed by atoms with Crippen molar-refractivity contribution in [3.05, 3.63) is 51.7 Å². The highest BCUT2D eigenvalue weighted by molar-refractivity contribution is 9.10. The molecule has 0 heterocycles. The topological polar surface area (TPSA) is 50.7 Å². The third-order valence-electron chi connectivity index (χ3n) is 3.27. The average Bonchev–Trinajstić information content (AvgIpc) is 2.54. The van der Waals surface area contributed by atoms with Crippen molar-refractivity contribution >= 4 is 21.6 Å². The fourth-order valence-electron chi connectivity index (χ4n) is 2.03. The van der Waals surface area contributed by atoms with Gasteiger partial charge in [-0.2, -0.15) is 0 Å². The summed E-state index contributed by atoms with van der Waals surface area (Å²) in [5.74, 6) is 0.944. The highest BCUT2D eigenvalue weighted by Gasteiger charge is 2.10. The summed E-state index contributed by atoms with van der Waals surface area (Å²) in [5.41, 5.74) is 1.73. The quantitative estimate of drug-likeness (QED) is 0.814. The summed E-state index contributed by atoms with van der Waals surface area (Å²) in [5, 5.41) is 12.1. The second-order valence-corrected chi connectivity index (χ2v) is 5.47. The molecule has 0 fully saturated rings. The molecule has 0 aliphatic carbocycles. The summed E-state index contributed by atoms with van der Waals surface area (Å²) in [6, 6.07) is 8.37. The lowest BCUT2D eigenvalue weighted by atomic mass is 10.1. The molecule has 118 valence electrons. The highest BCUT2D eigenvalue weighted by atomic mass is 79.9. The summed E-state index contributed by atoms with van der Waals surface area (Å²) < 4.78 is 25.1. The van der Waals surface area contributed by atoms with E-state index in [1.54, 1.807) is 26.4 Å². The predicted molar refractivity (Wildman–Crippen MR) is 86.9 cm³/mol. The van der Waals surface area contributed by atoms with Gasteiger partial charge in [-0.05, 0) is 29.8 Å². The van der Waals surface area contributed by atoms with E-state index < -0.39 is 5.82 Å². The summed E-state index contributed by atoms with van der Waals surface area (Å²) >= 11 is 3.31. The standard InChI is InChI=1S/C16H17BrFNO3/c1-21-12-4-3-10(16(6-12)22-2)8-19-15-7-13(17)11(9-20)5-14(15)18/h3-7,19-20H,8-9H2,1-2H3. The molecular formula is C16H17BrFNO3. The molecule has 2 aromatic rings.